The number of hydrogen-bond acceptors (Lipinski definition) is 3. The number of benzene rings is 1. The van der Waals surface area contributed by atoms with Gasteiger partial charge in [0.2, 0.25) is 0 Å². The minimum atomic E-state index is -0.542. The number of hydrogen-bond donors (Lipinski definition) is 1. The highest BCUT2D eigenvalue weighted by Gasteiger charge is 2.30. The first-order valence-corrected chi connectivity index (χ1v) is 6.67. The maximum Gasteiger partial charge on any atom is 0.275 e. The van der Waals surface area contributed by atoms with Crippen LogP contribution >= 0.6 is 0 Å². The second-order valence-electron chi connectivity index (χ2n) is 4.88. The molecule has 22 heavy (non-hydrogen) atoms. The van der Waals surface area contributed by atoms with Gasteiger partial charge in [0.05, 0.1) is 0 Å². The van der Waals surface area contributed by atoms with E-state index in [1.807, 2.05) is 29.1 Å². The molecule has 6 heteroatoms. The molecule has 2 aromatic rings. The first kappa shape index (κ1) is 13.8. The van der Waals surface area contributed by atoms with Crippen molar-refractivity contribution in [2.45, 2.75) is 6.92 Å². The number of nitrogens with zero attached hydrogens (tertiary/aromatic N) is 2. The van der Waals surface area contributed by atoms with Gasteiger partial charge >= 0.3 is 0 Å². The van der Waals surface area contributed by atoms with Gasteiger partial charge < -0.3 is 4.57 Å². The fraction of sp³-hybridized carbons (Fsp3) is 0.0625. The van der Waals surface area contributed by atoms with E-state index in [0.29, 0.717) is 11.1 Å². The molecule has 0 bridgehead atoms. The number of carbonyl (C=O) groups is 3. The normalized spacial score (nSPS) is 14.2. The summed E-state index contributed by atoms with van der Waals surface area (Å²) in [7, 11) is 0. The smallest absolute Gasteiger partial charge is 0.275 e. The van der Waals surface area contributed by atoms with Crippen molar-refractivity contribution in [3.63, 3.8) is 0 Å². The molecule has 0 unspecified atom stereocenters. The molecule has 0 aliphatic carbocycles. The molecular weight excluding hydrogens is 282 g/mol. The number of imide groups is 1. The van der Waals surface area contributed by atoms with Crippen LogP contribution < -0.4 is 5.43 Å². The van der Waals surface area contributed by atoms with Crippen molar-refractivity contribution in [3.8, 4) is 5.69 Å². The Kier molecular flexibility index (Phi) is 3.34. The maximum atomic E-state index is 12.1. The Bertz CT molecular complexity index is 773. The summed E-state index contributed by atoms with van der Waals surface area (Å²) in [5.41, 5.74) is 3.89. The van der Waals surface area contributed by atoms with Crippen LogP contribution in [-0.4, -0.2) is 27.3 Å². The molecule has 1 aromatic heterocycles. The molecule has 0 radical (unpaired) electrons. The third-order valence-electron chi connectivity index (χ3n) is 3.35. The zero-order valence-corrected chi connectivity index (χ0v) is 11.8. The van der Waals surface area contributed by atoms with Crippen molar-refractivity contribution in [3.05, 3.63) is 66.0 Å². The summed E-state index contributed by atoms with van der Waals surface area (Å²) in [5.74, 6) is -1.56. The summed E-state index contributed by atoms with van der Waals surface area (Å²) in [6, 6.07) is 10.6. The number of carbonyl (C=O) groups excluding carboxylic acids is 3. The minimum absolute atomic E-state index is 0.299. The lowest BCUT2D eigenvalue weighted by molar-refractivity contribution is -0.139. The Morgan fingerprint density at radius 3 is 2.23 bits per heavy atom. The minimum Gasteiger partial charge on any atom is -0.324 e. The van der Waals surface area contributed by atoms with Gasteiger partial charge in [-0.25, -0.2) is 0 Å². The van der Waals surface area contributed by atoms with Crippen molar-refractivity contribution in [2.24, 2.45) is 0 Å². The van der Waals surface area contributed by atoms with Gasteiger partial charge in [0.25, 0.3) is 17.7 Å². The van der Waals surface area contributed by atoms with Crippen LogP contribution in [0.15, 0.2) is 60.4 Å². The zero-order valence-electron chi connectivity index (χ0n) is 11.8. The summed E-state index contributed by atoms with van der Waals surface area (Å²) in [5, 5.41) is 0.720. The summed E-state index contributed by atoms with van der Waals surface area (Å²) in [4.78, 5) is 35.4. The van der Waals surface area contributed by atoms with Gasteiger partial charge in [0, 0.05) is 35.3 Å². The summed E-state index contributed by atoms with van der Waals surface area (Å²) >= 11 is 0. The van der Waals surface area contributed by atoms with Crippen molar-refractivity contribution < 1.29 is 14.4 Å². The third kappa shape index (κ3) is 2.42. The molecule has 0 saturated heterocycles. The summed E-state index contributed by atoms with van der Waals surface area (Å²) in [6.07, 6.45) is 4.98. The molecule has 0 spiro atoms. The third-order valence-corrected chi connectivity index (χ3v) is 3.35. The van der Waals surface area contributed by atoms with Crippen LogP contribution in [0.4, 0.5) is 0 Å². The highest BCUT2D eigenvalue weighted by molar-refractivity contribution is 6.16. The summed E-state index contributed by atoms with van der Waals surface area (Å²) < 4.78 is 1.91. The molecule has 110 valence electrons. The van der Waals surface area contributed by atoms with Gasteiger partial charge in [-0.15, -0.1) is 0 Å². The second-order valence-corrected chi connectivity index (χ2v) is 4.88. The molecule has 2 heterocycles. The van der Waals surface area contributed by atoms with E-state index in [0.717, 1.165) is 10.7 Å². The number of amides is 3. The van der Waals surface area contributed by atoms with E-state index in [1.165, 1.54) is 13.0 Å². The highest BCUT2D eigenvalue weighted by atomic mass is 16.2. The number of rotatable bonds is 3. The van der Waals surface area contributed by atoms with Gasteiger partial charge in [-0.1, -0.05) is 0 Å². The number of nitrogens with one attached hydrogen (secondary N) is 1. The van der Waals surface area contributed by atoms with E-state index < -0.39 is 17.7 Å². The predicted octanol–water partition coefficient (Wildman–Crippen LogP) is 1.44. The van der Waals surface area contributed by atoms with E-state index >= 15 is 0 Å². The molecule has 0 saturated carbocycles. The SMILES string of the molecule is CC1=CC(=O)N(NC(=O)c2ccc(-n3cccc3)cc2)C1=O. The standard InChI is InChI=1S/C16H13N3O3/c1-11-10-14(20)19(16(11)22)17-15(21)12-4-6-13(7-5-12)18-8-2-3-9-18/h2-10H,1H3,(H,17,21). The van der Waals surface area contributed by atoms with E-state index in [-0.39, 0.29) is 0 Å². The zero-order chi connectivity index (χ0) is 15.7. The molecular formula is C16H13N3O3. The lowest BCUT2D eigenvalue weighted by Gasteiger charge is -2.15. The first-order valence-electron chi connectivity index (χ1n) is 6.67. The molecule has 3 rings (SSSR count). The van der Waals surface area contributed by atoms with Crippen LogP contribution in [0.25, 0.3) is 5.69 Å². The van der Waals surface area contributed by atoms with Crippen LogP contribution in [-0.2, 0) is 9.59 Å². The molecule has 0 fully saturated rings. The largest absolute Gasteiger partial charge is 0.324 e. The van der Waals surface area contributed by atoms with Crippen LogP contribution in [0.5, 0.6) is 0 Å². The monoisotopic (exact) mass is 295 g/mol. The van der Waals surface area contributed by atoms with Gasteiger partial charge in [-0.3, -0.25) is 19.8 Å². The van der Waals surface area contributed by atoms with E-state index in [4.69, 9.17) is 0 Å². The van der Waals surface area contributed by atoms with E-state index in [9.17, 15) is 14.4 Å². The number of hydrazine groups is 1. The summed E-state index contributed by atoms with van der Waals surface area (Å²) in [6.45, 7) is 1.53. The van der Waals surface area contributed by atoms with Gasteiger partial charge in [-0.2, -0.15) is 5.01 Å². The van der Waals surface area contributed by atoms with Crippen molar-refractivity contribution >= 4 is 17.7 Å². The lowest BCUT2D eigenvalue weighted by Crippen LogP contribution is -2.46. The lowest BCUT2D eigenvalue weighted by atomic mass is 10.2. The molecule has 6 nitrogen and oxygen atoms in total. The molecule has 1 N–H and O–H groups in total. The molecule has 1 aromatic carbocycles. The topological polar surface area (TPSA) is 71.4 Å². The quantitative estimate of drug-likeness (QED) is 0.871. The van der Waals surface area contributed by atoms with Gasteiger partial charge in [0.15, 0.2) is 0 Å². The second kappa shape index (κ2) is 5.33. The van der Waals surface area contributed by atoms with Crippen LogP contribution in [0, 0.1) is 0 Å². The fourth-order valence-corrected chi connectivity index (χ4v) is 2.15. The van der Waals surface area contributed by atoms with Crippen molar-refractivity contribution in [1.82, 2.24) is 15.0 Å². The first-order chi connectivity index (χ1) is 10.6. The average molecular weight is 295 g/mol. The van der Waals surface area contributed by atoms with E-state index in [1.54, 1.807) is 24.3 Å². The Morgan fingerprint density at radius 2 is 1.68 bits per heavy atom. The highest BCUT2D eigenvalue weighted by Crippen LogP contribution is 2.12. The van der Waals surface area contributed by atoms with Gasteiger partial charge in [0.1, 0.15) is 0 Å². The Hall–Kier alpha value is -3.15. The van der Waals surface area contributed by atoms with Gasteiger partial charge in [-0.05, 0) is 43.3 Å². The molecule has 0 atom stereocenters. The van der Waals surface area contributed by atoms with Crippen molar-refractivity contribution in [2.75, 3.05) is 0 Å². The fourth-order valence-electron chi connectivity index (χ4n) is 2.15. The maximum absolute atomic E-state index is 12.1. The molecule has 1 aliphatic heterocycles. The Morgan fingerprint density at radius 1 is 1.05 bits per heavy atom. The molecule has 1 aliphatic rings. The van der Waals surface area contributed by atoms with Crippen LogP contribution in [0.2, 0.25) is 0 Å². The molecule has 3 amide bonds. The van der Waals surface area contributed by atoms with Crippen molar-refractivity contribution in [1.29, 1.82) is 0 Å². The van der Waals surface area contributed by atoms with E-state index in [2.05, 4.69) is 5.43 Å². The Labute approximate surface area is 126 Å². The Balaban J connectivity index is 1.73. The predicted molar refractivity (Wildman–Crippen MR) is 78.8 cm³/mol. The number of aromatic nitrogens is 1. The average Bonchev–Trinajstić information content (AvgIpc) is 3.12. The van der Waals surface area contributed by atoms with Crippen LogP contribution in [0.3, 0.4) is 0 Å². The van der Waals surface area contributed by atoms with Crippen LogP contribution in [0.1, 0.15) is 17.3 Å².